The van der Waals surface area contributed by atoms with Gasteiger partial charge in [0.2, 0.25) is 0 Å². The number of hydrogen-bond acceptors (Lipinski definition) is 3. The first-order valence-electron chi connectivity index (χ1n) is 11.9. The van der Waals surface area contributed by atoms with E-state index in [4.69, 9.17) is 0 Å². The number of carbonyl (C=O) groups excluding carboxylic acids is 1. The maximum Gasteiger partial charge on any atom is 0.255 e. The van der Waals surface area contributed by atoms with E-state index >= 15 is 0 Å². The molecule has 1 aromatic heterocycles. The number of nitrogens with zero attached hydrogens (tertiary/aromatic N) is 4. The lowest BCUT2D eigenvalue weighted by Crippen LogP contribution is -2.47. The fraction of sp³-hybridized carbons (Fsp3) is 0.370. The first-order chi connectivity index (χ1) is 15.8. The second-order valence-corrected chi connectivity index (χ2v) is 8.80. The second-order valence-electron chi connectivity index (χ2n) is 8.80. The first-order valence-corrected chi connectivity index (χ1v) is 11.9. The lowest BCUT2D eigenvalue weighted by atomic mass is 10.1. The quantitative estimate of drug-likeness (QED) is 0.593. The highest BCUT2D eigenvalue weighted by atomic mass is 16.2. The summed E-state index contributed by atoms with van der Waals surface area (Å²) in [6.45, 7) is 7.08. The van der Waals surface area contributed by atoms with E-state index in [9.17, 15) is 4.79 Å². The van der Waals surface area contributed by atoms with Gasteiger partial charge in [-0.2, -0.15) is 0 Å². The molecule has 3 aromatic rings. The maximum absolute atomic E-state index is 13.3. The third kappa shape index (κ3) is 4.44. The summed E-state index contributed by atoms with van der Waals surface area (Å²) in [5.41, 5.74) is 4.48. The third-order valence-electron chi connectivity index (χ3n) is 6.78. The highest BCUT2D eigenvalue weighted by Gasteiger charge is 2.25. The van der Waals surface area contributed by atoms with Crippen molar-refractivity contribution >= 4 is 11.6 Å². The summed E-state index contributed by atoms with van der Waals surface area (Å²) in [6.07, 6.45) is 5.05. The number of piperazine rings is 1. The van der Waals surface area contributed by atoms with E-state index < -0.39 is 0 Å². The minimum atomic E-state index is 0.195. The summed E-state index contributed by atoms with van der Waals surface area (Å²) in [5.74, 6) is 0.195. The van der Waals surface area contributed by atoms with Crippen LogP contribution in [0.25, 0.3) is 5.69 Å². The zero-order valence-electron chi connectivity index (χ0n) is 18.7. The molecule has 2 aromatic carbocycles. The van der Waals surface area contributed by atoms with E-state index in [1.807, 2.05) is 30.5 Å². The van der Waals surface area contributed by atoms with Crippen molar-refractivity contribution in [3.63, 3.8) is 0 Å². The molecule has 0 aliphatic carbocycles. The molecule has 0 spiro atoms. The Labute approximate surface area is 190 Å². The summed E-state index contributed by atoms with van der Waals surface area (Å²) >= 11 is 0. The molecular formula is C27H32N4O. The molecule has 3 heterocycles. The van der Waals surface area contributed by atoms with Gasteiger partial charge in [-0.15, -0.1) is 0 Å². The third-order valence-corrected chi connectivity index (χ3v) is 6.78. The molecule has 0 bridgehead atoms. The van der Waals surface area contributed by atoms with Crippen molar-refractivity contribution in [2.75, 3.05) is 50.7 Å². The number of hydrogen-bond donors (Lipinski definition) is 0. The van der Waals surface area contributed by atoms with Gasteiger partial charge < -0.3 is 14.4 Å². The van der Waals surface area contributed by atoms with Crippen molar-refractivity contribution in [1.82, 2.24) is 14.4 Å². The van der Waals surface area contributed by atoms with E-state index in [0.29, 0.717) is 0 Å². The largest absolute Gasteiger partial charge is 0.369 e. The van der Waals surface area contributed by atoms with Gasteiger partial charge in [-0.1, -0.05) is 36.4 Å². The summed E-state index contributed by atoms with van der Waals surface area (Å²) in [4.78, 5) is 20.3. The van der Waals surface area contributed by atoms with Crippen LogP contribution in [-0.2, 0) is 6.42 Å². The Bertz CT molecular complexity index is 1020. The van der Waals surface area contributed by atoms with Crippen LogP contribution in [0, 0.1) is 0 Å². The molecule has 0 N–H and O–H groups in total. The molecule has 0 saturated carbocycles. The Hall–Kier alpha value is -3.05. The molecule has 5 rings (SSSR count). The molecule has 32 heavy (non-hydrogen) atoms. The van der Waals surface area contributed by atoms with Crippen molar-refractivity contribution in [1.29, 1.82) is 0 Å². The van der Waals surface area contributed by atoms with Gasteiger partial charge in [0.1, 0.15) is 0 Å². The molecule has 2 aliphatic heterocycles. The van der Waals surface area contributed by atoms with Gasteiger partial charge in [0, 0.05) is 62.5 Å². The van der Waals surface area contributed by atoms with Gasteiger partial charge in [0.15, 0.2) is 0 Å². The smallest absolute Gasteiger partial charge is 0.255 e. The van der Waals surface area contributed by atoms with Crippen molar-refractivity contribution in [2.45, 2.75) is 19.3 Å². The Morgan fingerprint density at radius 3 is 2.12 bits per heavy atom. The van der Waals surface area contributed by atoms with E-state index in [1.54, 1.807) is 0 Å². The number of para-hydroxylation sites is 2. The van der Waals surface area contributed by atoms with Crippen molar-refractivity contribution in [2.24, 2.45) is 0 Å². The Morgan fingerprint density at radius 2 is 1.41 bits per heavy atom. The van der Waals surface area contributed by atoms with Gasteiger partial charge in [0.05, 0.1) is 5.56 Å². The number of carbonyl (C=O) groups is 1. The fourth-order valence-corrected chi connectivity index (χ4v) is 5.02. The highest BCUT2D eigenvalue weighted by molar-refractivity contribution is 5.96. The van der Waals surface area contributed by atoms with E-state index in [0.717, 1.165) is 82.0 Å². The first kappa shape index (κ1) is 20.8. The van der Waals surface area contributed by atoms with Crippen molar-refractivity contribution < 1.29 is 4.79 Å². The second kappa shape index (κ2) is 9.61. The topological polar surface area (TPSA) is 31.7 Å². The van der Waals surface area contributed by atoms with Crippen LogP contribution < -0.4 is 4.90 Å². The van der Waals surface area contributed by atoms with Crippen LogP contribution in [0.4, 0.5) is 5.69 Å². The van der Waals surface area contributed by atoms with Crippen LogP contribution in [-0.4, -0.2) is 66.1 Å². The van der Waals surface area contributed by atoms with Crippen LogP contribution in [0.5, 0.6) is 0 Å². The van der Waals surface area contributed by atoms with Crippen LogP contribution in [0.1, 0.15) is 28.9 Å². The number of anilines is 1. The van der Waals surface area contributed by atoms with Crippen molar-refractivity contribution in [3.05, 3.63) is 84.2 Å². The molecule has 166 valence electrons. The fourth-order valence-electron chi connectivity index (χ4n) is 5.02. The minimum Gasteiger partial charge on any atom is -0.369 e. The van der Waals surface area contributed by atoms with Crippen molar-refractivity contribution in [3.8, 4) is 5.69 Å². The van der Waals surface area contributed by atoms with Gasteiger partial charge in [0.25, 0.3) is 5.91 Å². The van der Waals surface area contributed by atoms with E-state index in [2.05, 4.69) is 61.7 Å². The molecule has 1 fully saturated rings. The Morgan fingerprint density at radius 1 is 0.719 bits per heavy atom. The van der Waals surface area contributed by atoms with Gasteiger partial charge in [-0.05, 0) is 56.1 Å². The maximum atomic E-state index is 13.3. The molecule has 1 amide bonds. The zero-order valence-corrected chi connectivity index (χ0v) is 18.7. The molecule has 0 atom stereocenters. The predicted molar refractivity (Wildman–Crippen MR) is 130 cm³/mol. The van der Waals surface area contributed by atoms with Crippen LogP contribution in [0.15, 0.2) is 72.9 Å². The average Bonchev–Trinajstić information content (AvgIpc) is 3.21. The van der Waals surface area contributed by atoms with Gasteiger partial charge >= 0.3 is 0 Å². The lowest BCUT2D eigenvalue weighted by Gasteiger charge is -2.36. The molecule has 2 aliphatic rings. The SMILES string of the molecule is O=C1c2ccn(-c3ccccc3)c2CCCN1CCCN1CCN(c2ccccc2)CC1. The van der Waals surface area contributed by atoms with Crippen LogP contribution in [0.2, 0.25) is 0 Å². The molecule has 5 heteroatoms. The zero-order chi connectivity index (χ0) is 21.8. The normalized spacial score (nSPS) is 17.3. The van der Waals surface area contributed by atoms with Gasteiger partial charge in [-0.25, -0.2) is 0 Å². The molecule has 0 unspecified atom stereocenters. The summed E-state index contributed by atoms with van der Waals surface area (Å²) in [5, 5.41) is 0. The molecule has 1 saturated heterocycles. The summed E-state index contributed by atoms with van der Waals surface area (Å²) in [6, 6.07) is 23.0. The standard InChI is InChI=1S/C27H32N4O/c32-27-25-14-18-31(24-11-5-2-6-12-24)26(25)13-7-16-30(27)17-8-15-28-19-21-29(22-20-28)23-9-3-1-4-10-23/h1-6,9-12,14,18H,7-8,13,15-17,19-22H2. The molecule has 0 radical (unpaired) electrons. The molecular weight excluding hydrogens is 396 g/mol. The van der Waals surface area contributed by atoms with Crippen LogP contribution >= 0.6 is 0 Å². The summed E-state index contributed by atoms with van der Waals surface area (Å²) < 4.78 is 2.18. The Kier molecular flexibility index (Phi) is 6.26. The summed E-state index contributed by atoms with van der Waals surface area (Å²) in [7, 11) is 0. The number of aromatic nitrogens is 1. The Balaban J connectivity index is 1.14. The van der Waals surface area contributed by atoms with E-state index in [1.165, 1.54) is 5.69 Å². The number of amides is 1. The lowest BCUT2D eigenvalue weighted by molar-refractivity contribution is 0.0753. The highest BCUT2D eigenvalue weighted by Crippen LogP contribution is 2.24. The van der Waals surface area contributed by atoms with Gasteiger partial charge in [-0.3, -0.25) is 9.69 Å². The molecule has 5 nitrogen and oxygen atoms in total. The van der Waals surface area contributed by atoms with E-state index in [-0.39, 0.29) is 5.91 Å². The minimum absolute atomic E-state index is 0.195. The van der Waals surface area contributed by atoms with Crippen LogP contribution in [0.3, 0.4) is 0 Å². The number of benzene rings is 2. The average molecular weight is 429 g/mol. The number of rotatable bonds is 6. The predicted octanol–water partition coefficient (Wildman–Crippen LogP) is 4.08. The number of fused-ring (bicyclic) bond motifs is 1. The monoisotopic (exact) mass is 428 g/mol.